The summed E-state index contributed by atoms with van der Waals surface area (Å²) < 4.78 is 24.8. The van der Waals surface area contributed by atoms with Gasteiger partial charge in [0.15, 0.2) is 5.96 Å². The second-order valence-electron chi connectivity index (χ2n) is 7.83. The quantitative estimate of drug-likeness (QED) is 0.549. The normalized spacial score (nSPS) is 21.0. The summed E-state index contributed by atoms with van der Waals surface area (Å²) in [4.78, 5) is 4.85. The number of aliphatic imine (C=N–C) groups is 1. The monoisotopic (exact) mass is 392 g/mol. The summed E-state index contributed by atoms with van der Waals surface area (Å²) in [6.45, 7) is 5.79. The Morgan fingerprint density at radius 3 is 2.41 bits per heavy atom. The predicted molar refractivity (Wildman–Crippen MR) is 110 cm³/mol. The maximum atomic E-state index is 11.6. The van der Waals surface area contributed by atoms with Gasteiger partial charge in [0.25, 0.3) is 0 Å². The molecule has 1 saturated carbocycles. The Bertz CT molecular complexity index is 737. The summed E-state index contributed by atoms with van der Waals surface area (Å²) in [5.41, 5.74) is 1.60. The first-order valence-corrected chi connectivity index (χ1v) is 11.8. The van der Waals surface area contributed by atoms with Gasteiger partial charge >= 0.3 is 0 Å². The van der Waals surface area contributed by atoms with Crippen molar-refractivity contribution in [3.8, 4) is 0 Å². The van der Waals surface area contributed by atoms with E-state index in [1.54, 1.807) is 4.31 Å². The third-order valence-electron chi connectivity index (χ3n) is 5.72. The molecule has 2 fully saturated rings. The lowest BCUT2D eigenvalue weighted by molar-refractivity contribution is 0.275. The van der Waals surface area contributed by atoms with Crippen molar-refractivity contribution in [1.29, 1.82) is 0 Å². The Morgan fingerprint density at radius 2 is 1.85 bits per heavy atom. The van der Waals surface area contributed by atoms with Gasteiger partial charge in [-0.1, -0.05) is 30.3 Å². The van der Waals surface area contributed by atoms with Crippen molar-refractivity contribution in [3.63, 3.8) is 0 Å². The summed E-state index contributed by atoms with van der Waals surface area (Å²) in [7, 11) is -3.06. The molecule has 2 aliphatic rings. The molecule has 0 radical (unpaired) electrons. The smallest absolute Gasteiger partial charge is 0.211 e. The molecule has 1 saturated heterocycles. The zero-order valence-corrected chi connectivity index (χ0v) is 17.3. The van der Waals surface area contributed by atoms with Crippen LogP contribution in [-0.4, -0.2) is 57.7 Å². The van der Waals surface area contributed by atoms with Crippen LogP contribution in [0.2, 0.25) is 0 Å². The van der Waals surface area contributed by atoms with Gasteiger partial charge in [0.05, 0.1) is 12.8 Å². The maximum absolute atomic E-state index is 11.6. The Balaban J connectivity index is 1.52. The number of nitrogens with zero attached hydrogens (tertiary/aromatic N) is 2. The van der Waals surface area contributed by atoms with Crippen LogP contribution >= 0.6 is 0 Å². The molecule has 0 amide bonds. The van der Waals surface area contributed by atoms with Crippen molar-refractivity contribution in [2.45, 2.75) is 38.0 Å². The lowest BCUT2D eigenvalue weighted by Gasteiger charge is -2.30. The van der Waals surface area contributed by atoms with Crippen molar-refractivity contribution in [2.75, 3.05) is 39.0 Å². The van der Waals surface area contributed by atoms with E-state index < -0.39 is 10.0 Å². The predicted octanol–water partition coefficient (Wildman–Crippen LogP) is 1.94. The molecule has 0 aromatic heterocycles. The van der Waals surface area contributed by atoms with E-state index in [9.17, 15) is 8.42 Å². The van der Waals surface area contributed by atoms with Gasteiger partial charge in [-0.15, -0.1) is 0 Å². The topological polar surface area (TPSA) is 73.8 Å². The molecule has 6 nitrogen and oxygen atoms in total. The molecule has 0 unspecified atom stereocenters. The first-order chi connectivity index (χ1) is 12.9. The number of benzene rings is 1. The number of piperidine rings is 1. The van der Waals surface area contributed by atoms with Gasteiger partial charge < -0.3 is 10.6 Å². The molecule has 1 aromatic carbocycles. The average molecular weight is 393 g/mol. The van der Waals surface area contributed by atoms with Crippen LogP contribution in [0, 0.1) is 5.92 Å². The summed E-state index contributed by atoms with van der Waals surface area (Å²) in [6.07, 6.45) is 5.48. The average Bonchev–Trinajstić information content (AvgIpc) is 3.46. The molecule has 7 heteroatoms. The maximum Gasteiger partial charge on any atom is 0.211 e. The molecule has 0 atom stereocenters. The number of nitrogens with one attached hydrogen (secondary N) is 2. The van der Waals surface area contributed by atoms with Gasteiger partial charge in [-0.05, 0) is 44.1 Å². The Morgan fingerprint density at radius 1 is 1.19 bits per heavy atom. The highest BCUT2D eigenvalue weighted by Crippen LogP contribution is 2.48. The number of guanidine groups is 1. The van der Waals surface area contributed by atoms with Gasteiger partial charge in [0, 0.05) is 31.6 Å². The molecule has 1 aromatic rings. The van der Waals surface area contributed by atoms with Gasteiger partial charge in [-0.3, -0.25) is 4.99 Å². The summed E-state index contributed by atoms with van der Waals surface area (Å²) in [6, 6.07) is 10.7. The fraction of sp³-hybridized carbons (Fsp3) is 0.650. The molecule has 27 heavy (non-hydrogen) atoms. The van der Waals surface area contributed by atoms with Crippen molar-refractivity contribution in [2.24, 2.45) is 10.9 Å². The van der Waals surface area contributed by atoms with E-state index in [0.29, 0.717) is 19.0 Å². The number of hydrogen-bond acceptors (Lipinski definition) is 3. The first-order valence-electron chi connectivity index (χ1n) is 9.96. The van der Waals surface area contributed by atoms with Gasteiger partial charge in [-0.2, -0.15) is 0 Å². The Kier molecular flexibility index (Phi) is 6.42. The van der Waals surface area contributed by atoms with Crippen molar-refractivity contribution in [3.05, 3.63) is 35.9 Å². The third kappa shape index (κ3) is 5.45. The highest BCUT2D eigenvalue weighted by Gasteiger charge is 2.44. The summed E-state index contributed by atoms with van der Waals surface area (Å²) in [5.74, 6) is 1.35. The lowest BCUT2D eigenvalue weighted by atomic mass is 9.96. The fourth-order valence-corrected chi connectivity index (χ4v) is 4.61. The molecule has 0 spiro atoms. The van der Waals surface area contributed by atoms with Crippen LogP contribution in [-0.2, 0) is 15.4 Å². The van der Waals surface area contributed by atoms with Gasteiger partial charge in [0.1, 0.15) is 0 Å². The van der Waals surface area contributed by atoms with Crippen molar-refractivity contribution < 1.29 is 8.42 Å². The minimum Gasteiger partial charge on any atom is -0.357 e. The zero-order chi connectivity index (χ0) is 19.3. The lowest BCUT2D eigenvalue weighted by Crippen LogP contribution is -2.44. The van der Waals surface area contributed by atoms with Crippen LogP contribution in [0.4, 0.5) is 0 Å². The molecule has 1 heterocycles. The number of sulfonamides is 1. The standard InChI is InChI=1S/C20H32N4O2S/c1-3-21-19(22-15-17-9-13-24(14-10-17)27(2,25)26)23-16-20(11-12-20)18-7-5-4-6-8-18/h4-8,17H,3,9-16H2,1-2H3,(H2,21,22,23). The number of hydrogen-bond donors (Lipinski definition) is 2. The zero-order valence-electron chi connectivity index (χ0n) is 16.4. The van der Waals surface area contributed by atoms with Gasteiger partial charge in [0.2, 0.25) is 10.0 Å². The molecule has 0 bridgehead atoms. The van der Waals surface area contributed by atoms with Crippen LogP contribution in [0.15, 0.2) is 35.3 Å². The van der Waals surface area contributed by atoms with Crippen LogP contribution < -0.4 is 10.6 Å². The van der Waals surface area contributed by atoms with E-state index in [0.717, 1.165) is 38.4 Å². The molecular formula is C20H32N4O2S. The summed E-state index contributed by atoms with van der Waals surface area (Å²) in [5, 5.41) is 6.81. The van der Waals surface area contributed by atoms with Crippen LogP contribution in [0.1, 0.15) is 38.2 Å². The van der Waals surface area contributed by atoms with Crippen LogP contribution in [0.25, 0.3) is 0 Å². The van der Waals surface area contributed by atoms with Crippen LogP contribution in [0.5, 0.6) is 0 Å². The molecule has 150 valence electrons. The fourth-order valence-electron chi connectivity index (χ4n) is 3.74. The van der Waals surface area contributed by atoms with Crippen LogP contribution in [0.3, 0.4) is 0 Å². The second-order valence-corrected chi connectivity index (χ2v) is 9.81. The molecule has 1 aliphatic heterocycles. The SMILES string of the molecule is CCNC(=NCC1(c2ccccc2)CC1)NCC1CCN(S(C)(=O)=O)CC1. The Labute approximate surface area is 163 Å². The first kappa shape index (κ1) is 20.1. The van der Waals surface area contributed by atoms with E-state index in [4.69, 9.17) is 4.99 Å². The second kappa shape index (κ2) is 8.61. The Hall–Kier alpha value is -1.60. The molecule has 2 N–H and O–H groups in total. The number of rotatable bonds is 7. The van der Waals surface area contributed by atoms with E-state index in [2.05, 4.69) is 47.9 Å². The minimum atomic E-state index is -3.06. The van der Waals surface area contributed by atoms with E-state index >= 15 is 0 Å². The molecular weight excluding hydrogens is 360 g/mol. The van der Waals surface area contributed by atoms with Gasteiger partial charge in [-0.25, -0.2) is 12.7 Å². The van der Waals surface area contributed by atoms with E-state index in [-0.39, 0.29) is 5.41 Å². The molecule has 3 rings (SSSR count). The van der Waals surface area contributed by atoms with Crippen molar-refractivity contribution >= 4 is 16.0 Å². The minimum absolute atomic E-state index is 0.213. The highest BCUT2D eigenvalue weighted by atomic mass is 32.2. The van der Waals surface area contributed by atoms with E-state index in [1.807, 2.05) is 0 Å². The third-order valence-corrected chi connectivity index (χ3v) is 7.03. The molecule has 1 aliphatic carbocycles. The highest BCUT2D eigenvalue weighted by molar-refractivity contribution is 7.88. The van der Waals surface area contributed by atoms with E-state index in [1.165, 1.54) is 24.7 Å². The summed E-state index contributed by atoms with van der Waals surface area (Å²) >= 11 is 0. The largest absolute Gasteiger partial charge is 0.357 e. The van der Waals surface area contributed by atoms with Crippen molar-refractivity contribution in [1.82, 2.24) is 14.9 Å².